The fourth-order valence-electron chi connectivity index (χ4n) is 2.24. The van der Waals surface area contributed by atoms with Crippen molar-refractivity contribution >= 4 is 5.82 Å². The van der Waals surface area contributed by atoms with Crippen molar-refractivity contribution in [3.05, 3.63) is 23.9 Å². The molecule has 1 fully saturated rings. The van der Waals surface area contributed by atoms with E-state index in [1.807, 2.05) is 12.1 Å². The van der Waals surface area contributed by atoms with Crippen molar-refractivity contribution in [2.24, 2.45) is 5.92 Å². The van der Waals surface area contributed by atoms with Crippen LogP contribution < -0.4 is 4.90 Å². The van der Waals surface area contributed by atoms with Gasteiger partial charge in [-0.1, -0.05) is 6.07 Å². The molecule has 2 heterocycles. The minimum atomic E-state index is 0.0173. The second kappa shape index (κ2) is 5.27. The zero-order valence-electron chi connectivity index (χ0n) is 9.34. The highest BCUT2D eigenvalue weighted by Crippen LogP contribution is 2.24. The lowest BCUT2D eigenvalue weighted by molar-refractivity contribution is 0.208. The van der Waals surface area contributed by atoms with Crippen LogP contribution in [0, 0.1) is 5.92 Å². The Morgan fingerprint density at radius 1 is 1.44 bits per heavy atom. The van der Waals surface area contributed by atoms with Crippen LogP contribution in [0.15, 0.2) is 18.3 Å². The summed E-state index contributed by atoms with van der Waals surface area (Å²) in [4.78, 5) is 6.49. The van der Waals surface area contributed by atoms with E-state index in [0.717, 1.165) is 37.3 Å². The molecule has 1 unspecified atom stereocenters. The predicted octanol–water partition coefficient (Wildman–Crippen LogP) is 0.783. The van der Waals surface area contributed by atoms with Crippen LogP contribution in [0.4, 0.5) is 5.82 Å². The first kappa shape index (κ1) is 11.4. The molecule has 0 spiro atoms. The molecule has 88 valence electrons. The van der Waals surface area contributed by atoms with Crippen LogP contribution in [0.2, 0.25) is 0 Å². The van der Waals surface area contributed by atoms with E-state index >= 15 is 0 Å². The SMILES string of the molecule is OCc1cccnc1N1CCCC(CO)C1. The number of hydrogen-bond acceptors (Lipinski definition) is 4. The quantitative estimate of drug-likeness (QED) is 0.793. The molecule has 1 aliphatic heterocycles. The number of aliphatic hydroxyl groups excluding tert-OH is 2. The van der Waals surface area contributed by atoms with E-state index in [0.29, 0.717) is 5.92 Å². The van der Waals surface area contributed by atoms with Crippen molar-refractivity contribution < 1.29 is 10.2 Å². The fraction of sp³-hybridized carbons (Fsp3) is 0.583. The molecule has 0 radical (unpaired) electrons. The number of piperidine rings is 1. The lowest BCUT2D eigenvalue weighted by Gasteiger charge is -2.33. The Hall–Kier alpha value is -1.13. The molecule has 1 aromatic heterocycles. The first-order valence-electron chi connectivity index (χ1n) is 5.75. The van der Waals surface area contributed by atoms with Crippen LogP contribution in [0.1, 0.15) is 18.4 Å². The van der Waals surface area contributed by atoms with E-state index < -0.39 is 0 Å². The summed E-state index contributed by atoms with van der Waals surface area (Å²) >= 11 is 0. The molecule has 0 saturated carbocycles. The van der Waals surface area contributed by atoms with E-state index in [1.165, 1.54) is 0 Å². The topological polar surface area (TPSA) is 56.6 Å². The molecule has 1 atom stereocenters. The van der Waals surface area contributed by atoms with Gasteiger partial charge in [-0.25, -0.2) is 4.98 Å². The second-order valence-electron chi connectivity index (χ2n) is 4.28. The van der Waals surface area contributed by atoms with Gasteiger partial charge in [-0.2, -0.15) is 0 Å². The van der Waals surface area contributed by atoms with E-state index in [2.05, 4.69) is 9.88 Å². The summed E-state index contributed by atoms with van der Waals surface area (Å²) in [5.74, 6) is 1.20. The Labute approximate surface area is 95.5 Å². The first-order chi connectivity index (χ1) is 7.85. The largest absolute Gasteiger partial charge is 0.396 e. The third-order valence-electron chi connectivity index (χ3n) is 3.11. The fourth-order valence-corrected chi connectivity index (χ4v) is 2.24. The number of nitrogens with zero attached hydrogens (tertiary/aromatic N) is 2. The number of aliphatic hydroxyl groups is 2. The molecule has 0 aromatic carbocycles. The molecular weight excluding hydrogens is 204 g/mol. The first-order valence-corrected chi connectivity index (χ1v) is 5.75. The van der Waals surface area contributed by atoms with E-state index in [-0.39, 0.29) is 13.2 Å². The van der Waals surface area contributed by atoms with Gasteiger partial charge >= 0.3 is 0 Å². The number of aromatic nitrogens is 1. The minimum Gasteiger partial charge on any atom is -0.396 e. The van der Waals surface area contributed by atoms with Crippen LogP contribution >= 0.6 is 0 Å². The smallest absolute Gasteiger partial charge is 0.134 e. The molecule has 1 saturated heterocycles. The Morgan fingerprint density at radius 3 is 3.06 bits per heavy atom. The van der Waals surface area contributed by atoms with Gasteiger partial charge in [-0.15, -0.1) is 0 Å². The maximum atomic E-state index is 9.26. The maximum absolute atomic E-state index is 9.26. The highest BCUT2D eigenvalue weighted by atomic mass is 16.3. The summed E-state index contributed by atoms with van der Waals surface area (Å²) in [7, 11) is 0. The van der Waals surface area contributed by atoms with Crippen LogP contribution in [0.25, 0.3) is 0 Å². The Bertz CT molecular complexity index is 344. The van der Waals surface area contributed by atoms with Gasteiger partial charge in [0.1, 0.15) is 5.82 Å². The van der Waals surface area contributed by atoms with E-state index in [4.69, 9.17) is 0 Å². The van der Waals surface area contributed by atoms with Crippen molar-refractivity contribution in [3.63, 3.8) is 0 Å². The average Bonchev–Trinajstić information content (AvgIpc) is 2.38. The van der Waals surface area contributed by atoms with Crippen LogP contribution in [-0.4, -0.2) is 34.9 Å². The maximum Gasteiger partial charge on any atom is 0.134 e. The van der Waals surface area contributed by atoms with Crippen molar-refractivity contribution in [1.29, 1.82) is 0 Å². The minimum absolute atomic E-state index is 0.0173. The molecule has 1 aromatic rings. The summed E-state index contributed by atoms with van der Waals surface area (Å²) in [5, 5.41) is 18.4. The molecule has 4 nitrogen and oxygen atoms in total. The molecular formula is C12H18N2O2. The van der Waals surface area contributed by atoms with Gasteiger partial charge in [0.15, 0.2) is 0 Å². The monoisotopic (exact) mass is 222 g/mol. The van der Waals surface area contributed by atoms with Crippen molar-refractivity contribution in [2.45, 2.75) is 19.4 Å². The van der Waals surface area contributed by atoms with Crippen molar-refractivity contribution in [2.75, 3.05) is 24.6 Å². The molecule has 1 aliphatic rings. The standard InChI is InChI=1S/C12H18N2O2/c15-8-10-3-2-6-14(7-10)12-11(9-16)4-1-5-13-12/h1,4-5,10,15-16H,2-3,6-9H2. The molecule has 0 amide bonds. The molecule has 2 rings (SSSR count). The summed E-state index contributed by atoms with van der Waals surface area (Å²) in [5.41, 5.74) is 0.862. The van der Waals surface area contributed by atoms with Crippen molar-refractivity contribution in [1.82, 2.24) is 4.98 Å². The number of pyridine rings is 1. The molecule has 0 aliphatic carbocycles. The highest BCUT2D eigenvalue weighted by molar-refractivity contribution is 5.46. The highest BCUT2D eigenvalue weighted by Gasteiger charge is 2.21. The Morgan fingerprint density at radius 2 is 2.31 bits per heavy atom. The third kappa shape index (κ3) is 2.33. The summed E-state index contributed by atoms with van der Waals surface area (Å²) in [6.45, 7) is 2.04. The van der Waals surface area contributed by atoms with Gasteiger partial charge in [0.2, 0.25) is 0 Å². The van der Waals surface area contributed by atoms with Crippen LogP contribution in [0.5, 0.6) is 0 Å². The number of hydrogen-bond donors (Lipinski definition) is 2. The van der Waals surface area contributed by atoms with Crippen LogP contribution in [0.3, 0.4) is 0 Å². The number of anilines is 1. The average molecular weight is 222 g/mol. The van der Waals surface area contributed by atoms with Gasteiger partial charge < -0.3 is 15.1 Å². The lowest BCUT2D eigenvalue weighted by atomic mass is 9.99. The van der Waals surface area contributed by atoms with Gasteiger partial charge in [-0.05, 0) is 24.8 Å². The predicted molar refractivity (Wildman–Crippen MR) is 62.2 cm³/mol. The second-order valence-corrected chi connectivity index (χ2v) is 4.28. The van der Waals surface area contributed by atoms with Gasteiger partial charge in [0, 0.05) is 31.5 Å². The van der Waals surface area contributed by atoms with Crippen molar-refractivity contribution in [3.8, 4) is 0 Å². The van der Waals surface area contributed by atoms with Crippen LogP contribution in [-0.2, 0) is 6.61 Å². The normalized spacial score (nSPS) is 21.1. The molecule has 0 bridgehead atoms. The van der Waals surface area contributed by atoms with E-state index in [1.54, 1.807) is 6.20 Å². The summed E-state index contributed by atoms with van der Waals surface area (Å²) < 4.78 is 0. The molecule has 2 N–H and O–H groups in total. The number of rotatable bonds is 3. The Balaban J connectivity index is 2.16. The zero-order chi connectivity index (χ0) is 11.4. The summed E-state index contributed by atoms with van der Waals surface area (Å²) in [6.07, 6.45) is 3.90. The third-order valence-corrected chi connectivity index (χ3v) is 3.11. The summed E-state index contributed by atoms with van der Waals surface area (Å²) in [6, 6.07) is 3.73. The zero-order valence-corrected chi connectivity index (χ0v) is 9.34. The molecule has 4 heteroatoms. The Kier molecular flexibility index (Phi) is 3.74. The van der Waals surface area contributed by atoms with Gasteiger partial charge in [0.05, 0.1) is 6.61 Å². The lowest BCUT2D eigenvalue weighted by Crippen LogP contribution is -2.37. The van der Waals surface area contributed by atoms with Gasteiger partial charge in [0.25, 0.3) is 0 Å². The van der Waals surface area contributed by atoms with E-state index in [9.17, 15) is 10.2 Å². The van der Waals surface area contributed by atoms with Gasteiger partial charge in [-0.3, -0.25) is 0 Å². The molecule has 16 heavy (non-hydrogen) atoms.